The highest BCUT2D eigenvalue weighted by Crippen LogP contribution is 2.16. The summed E-state index contributed by atoms with van der Waals surface area (Å²) in [6, 6.07) is 0. The molecule has 17 heavy (non-hydrogen) atoms. The molecule has 2 rings (SSSR count). The lowest BCUT2D eigenvalue weighted by molar-refractivity contribution is 0.0693. The van der Waals surface area contributed by atoms with E-state index in [1.54, 1.807) is 24.7 Å². The average molecular weight is 231 g/mol. The van der Waals surface area contributed by atoms with Gasteiger partial charge in [0.05, 0.1) is 5.72 Å². The molecule has 1 radical (unpaired) electrons. The lowest BCUT2D eigenvalue weighted by Gasteiger charge is -2.06. The van der Waals surface area contributed by atoms with E-state index in [2.05, 4.69) is 9.97 Å². The minimum absolute atomic E-state index is 0.0570. The molecule has 87 valence electrons. The minimum Gasteiger partial charge on any atom is -0.476 e. The molecule has 0 atom stereocenters. The van der Waals surface area contributed by atoms with Crippen LogP contribution >= 0.6 is 0 Å². The van der Waals surface area contributed by atoms with E-state index in [1.165, 1.54) is 0 Å². The van der Waals surface area contributed by atoms with Gasteiger partial charge in [0.15, 0.2) is 13.0 Å². The number of nitrogens with two attached hydrogens (primary N) is 1. The monoisotopic (exact) mass is 231 g/mol. The van der Waals surface area contributed by atoms with E-state index in [-0.39, 0.29) is 11.5 Å². The number of imidazole rings is 1. The van der Waals surface area contributed by atoms with Gasteiger partial charge in [-0.2, -0.15) is 0 Å². The average Bonchev–Trinajstić information content (AvgIpc) is 2.70. The highest BCUT2D eigenvalue weighted by Gasteiger charge is 2.20. The fourth-order valence-electron chi connectivity index (χ4n) is 1.82. The number of nitrogens with zero attached hydrogens (tertiary/aromatic N) is 3. The van der Waals surface area contributed by atoms with Gasteiger partial charge in [-0.1, -0.05) is 13.7 Å². The van der Waals surface area contributed by atoms with Crippen molar-refractivity contribution in [2.45, 2.75) is 20.2 Å². The van der Waals surface area contributed by atoms with Crippen LogP contribution in [-0.2, 0) is 6.42 Å². The number of aromatic nitrogens is 3. The quantitative estimate of drug-likeness (QED) is 0.722. The SMILES string of the molecule is C[B]c1nc(C(=O)O)c2c(N)ncc(CC)n12. The van der Waals surface area contributed by atoms with Gasteiger partial charge in [-0.3, -0.25) is 0 Å². The van der Waals surface area contributed by atoms with Gasteiger partial charge in [0.1, 0.15) is 11.3 Å². The van der Waals surface area contributed by atoms with Crippen LogP contribution in [0.1, 0.15) is 23.1 Å². The van der Waals surface area contributed by atoms with Gasteiger partial charge in [-0.25, -0.2) is 14.8 Å². The van der Waals surface area contributed by atoms with Crippen LogP contribution in [0.3, 0.4) is 0 Å². The van der Waals surface area contributed by atoms with Crippen LogP contribution in [0.25, 0.3) is 5.52 Å². The molecular formula is C10H12BN4O2. The second-order valence-electron chi connectivity index (χ2n) is 3.58. The molecule has 0 amide bonds. The van der Waals surface area contributed by atoms with Crippen molar-refractivity contribution in [3.05, 3.63) is 17.6 Å². The molecule has 0 spiro atoms. The maximum Gasteiger partial charge on any atom is 0.356 e. The summed E-state index contributed by atoms with van der Waals surface area (Å²) in [4.78, 5) is 19.2. The topological polar surface area (TPSA) is 93.5 Å². The van der Waals surface area contributed by atoms with Gasteiger partial charge in [-0.15, -0.1) is 0 Å². The van der Waals surface area contributed by atoms with Crippen molar-refractivity contribution < 1.29 is 9.90 Å². The number of rotatable bonds is 3. The van der Waals surface area contributed by atoms with Crippen LogP contribution in [-0.4, -0.2) is 32.7 Å². The number of anilines is 1. The Morgan fingerprint density at radius 2 is 2.35 bits per heavy atom. The van der Waals surface area contributed by atoms with Crippen LogP contribution in [0, 0.1) is 0 Å². The summed E-state index contributed by atoms with van der Waals surface area (Å²) in [5, 5.41) is 9.11. The van der Waals surface area contributed by atoms with E-state index >= 15 is 0 Å². The summed E-state index contributed by atoms with van der Waals surface area (Å²) in [6.07, 6.45) is 2.36. The van der Waals surface area contributed by atoms with Crippen LogP contribution in [0.2, 0.25) is 6.82 Å². The molecule has 0 aliphatic heterocycles. The molecule has 2 aromatic rings. The number of hydrogen-bond acceptors (Lipinski definition) is 4. The van der Waals surface area contributed by atoms with Gasteiger partial charge in [0, 0.05) is 11.9 Å². The predicted octanol–water partition coefficient (Wildman–Crippen LogP) is -0.0503. The van der Waals surface area contributed by atoms with Crippen LogP contribution in [0.15, 0.2) is 6.20 Å². The number of nitrogen functional groups attached to an aromatic ring is 1. The summed E-state index contributed by atoms with van der Waals surface area (Å²) in [5.41, 5.74) is 7.50. The molecule has 2 aromatic heterocycles. The van der Waals surface area contributed by atoms with Crippen molar-refractivity contribution in [3.63, 3.8) is 0 Å². The van der Waals surface area contributed by atoms with Crippen molar-refractivity contribution in [2.75, 3.05) is 5.73 Å². The summed E-state index contributed by atoms with van der Waals surface area (Å²) < 4.78 is 1.74. The third kappa shape index (κ3) is 1.63. The second kappa shape index (κ2) is 4.08. The first-order valence-corrected chi connectivity index (χ1v) is 5.28. The van der Waals surface area contributed by atoms with Crippen molar-refractivity contribution in [1.29, 1.82) is 0 Å². The Morgan fingerprint density at radius 1 is 1.65 bits per heavy atom. The Balaban J connectivity index is 2.93. The van der Waals surface area contributed by atoms with E-state index in [4.69, 9.17) is 10.8 Å². The highest BCUT2D eigenvalue weighted by atomic mass is 16.4. The number of carboxylic acids is 1. The van der Waals surface area contributed by atoms with Gasteiger partial charge >= 0.3 is 5.97 Å². The lowest BCUT2D eigenvalue weighted by atomic mass is 9.81. The van der Waals surface area contributed by atoms with Gasteiger partial charge in [0.25, 0.3) is 0 Å². The molecule has 0 saturated heterocycles. The second-order valence-corrected chi connectivity index (χ2v) is 3.58. The van der Waals surface area contributed by atoms with E-state index < -0.39 is 5.97 Å². The Morgan fingerprint density at radius 3 is 2.88 bits per heavy atom. The van der Waals surface area contributed by atoms with E-state index in [0.717, 1.165) is 12.1 Å². The molecule has 0 fully saturated rings. The molecule has 2 heterocycles. The summed E-state index contributed by atoms with van der Waals surface area (Å²) in [5.74, 6) is -0.919. The normalized spacial score (nSPS) is 10.7. The van der Waals surface area contributed by atoms with E-state index in [1.807, 2.05) is 6.92 Å². The van der Waals surface area contributed by atoms with Crippen LogP contribution in [0.4, 0.5) is 5.82 Å². The molecule has 0 aromatic carbocycles. The standard InChI is InChI=1S/C10H12BN4O2/c1-3-5-4-13-8(12)7-6(9(16)17)14-10(11-2)15(5)7/h4H,3H2,1-2H3,(H2,12,13)(H,16,17). The number of carbonyl (C=O) groups is 1. The summed E-state index contributed by atoms with van der Waals surface area (Å²) in [7, 11) is 1.75. The maximum absolute atomic E-state index is 11.1. The zero-order valence-corrected chi connectivity index (χ0v) is 9.64. The lowest BCUT2D eigenvalue weighted by Crippen LogP contribution is -2.22. The third-order valence-corrected chi connectivity index (χ3v) is 2.61. The fraction of sp³-hybridized carbons (Fsp3) is 0.300. The Kier molecular flexibility index (Phi) is 2.75. The number of hydrogen-bond donors (Lipinski definition) is 2. The van der Waals surface area contributed by atoms with E-state index in [0.29, 0.717) is 11.2 Å². The molecular weight excluding hydrogens is 219 g/mol. The summed E-state index contributed by atoms with van der Waals surface area (Å²) >= 11 is 0. The highest BCUT2D eigenvalue weighted by molar-refractivity contribution is 6.50. The molecule has 0 aliphatic carbocycles. The molecule has 6 nitrogen and oxygen atoms in total. The first kappa shape index (κ1) is 11.4. The summed E-state index contributed by atoms with van der Waals surface area (Å²) in [6.45, 7) is 3.77. The Labute approximate surface area is 98.7 Å². The molecule has 0 unspecified atom stereocenters. The van der Waals surface area contributed by atoms with Crippen molar-refractivity contribution in [2.24, 2.45) is 0 Å². The number of aryl methyl sites for hydroxylation is 1. The minimum atomic E-state index is -1.10. The van der Waals surface area contributed by atoms with Crippen molar-refractivity contribution in [3.8, 4) is 0 Å². The largest absolute Gasteiger partial charge is 0.476 e. The van der Waals surface area contributed by atoms with Crippen LogP contribution in [0.5, 0.6) is 0 Å². The fourth-order valence-corrected chi connectivity index (χ4v) is 1.82. The third-order valence-electron chi connectivity index (χ3n) is 2.61. The first-order chi connectivity index (χ1) is 8.10. The molecule has 0 saturated carbocycles. The zero-order chi connectivity index (χ0) is 12.6. The predicted molar refractivity (Wildman–Crippen MR) is 65.0 cm³/mol. The Bertz CT molecular complexity index is 593. The zero-order valence-electron chi connectivity index (χ0n) is 9.64. The van der Waals surface area contributed by atoms with Crippen LogP contribution < -0.4 is 11.5 Å². The number of carboxylic acid groups (broad SMARTS) is 1. The number of fused-ring (bicyclic) bond motifs is 1. The number of aromatic carboxylic acids is 1. The van der Waals surface area contributed by atoms with E-state index in [9.17, 15) is 4.79 Å². The van der Waals surface area contributed by atoms with Gasteiger partial charge in [-0.05, 0) is 6.42 Å². The van der Waals surface area contributed by atoms with Crippen molar-refractivity contribution >= 4 is 30.3 Å². The van der Waals surface area contributed by atoms with Gasteiger partial charge < -0.3 is 15.2 Å². The molecule has 0 aliphatic rings. The van der Waals surface area contributed by atoms with Crippen molar-refractivity contribution in [1.82, 2.24) is 14.4 Å². The Hall–Kier alpha value is -2.05. The smallest absolute Gasteiger partial charge is 0.356 e. The molecule has 0 bridgehead atoms. The molecule has 3 N–H and O–H groups in total. The maximum atomic E-state index is 11.1. The first-order valence-electron chi connectivity index (χ1n) is 5.28. The molecule has 7 heteroatoms. The van der Waals surface area contributed by atoms with Gasteiger partial charge in [0.2, 0.25) is 0 Å².